The molecule has 7 nitrogen and oxygen atoms in total. The normalized spacial score (nSPS) is 15.8. The number of nitrogens with one attached hydrogen (secondary N) is 2. The van der Waals surface area contributed by atoms with Crippen molar-refractivity contribution in [1.29, 1.82) is 0 Å². The Hall–Kier alpha value is -1.90. The molecule has 4 rings (SSSR count). The summed E-state index contributed by atoms with van der Waals surface area (Å²) in [6.07, 6.45) is 3.87. The number of H-pyrrole nitrogens is 1. The van der Waals surface area contributed by atoms with E-state index in [0.29, 0.717) is 0 Å². The van der Waals surface area contributed by atoms with E-state index in [2.05, 4.69) is 40.5 Å². The molecule has 1 aliphatic heterocycles. The third kappa shape index (κ3) is 3.56. The highest BCUT2D eigenvalue weighted by Crippen LogP contribution is 2.28. The predicted molar refractivity (Wildman–Crippen MR) is 101 cm³/mol. The molecule has 25 heavy (non-hydrogen) atoms. The van der Waals surface area contributed by atoms with E-state index >= 15 is 0 Å². The van der Waals surface area contributed by atoms with Crippen LogP contribution in [0.15, 0.2) is 29.0 Å². The van der Waals surface area contributed by atoms with E-state index in [-0.39, 0.29) is 0 Å². The number of pyridine rings is 1. The molecular formula is C17H21BrN6O. The van der Waals surface area contributed by atoms with Crippen LogP contribution < -0.4 is 5.32 Å². The lowest BCUT2D eigenvalue weighted by atomic mass is 10.3. The van der Waals surface area contributed by atoms with Crippen molar-refractivity contribution in [3.8, 4) is 11.4 Å². The van der Waals surface area contributed by atoms with Gasteiger partial charge in [-0.25, -0.2) is 9.97 Å². The van der Waals surface area contributed by atoms with E-state index in [9.17, 15) is 0 Å². The molecule has 2 N–H and O–H groups in total. The molecule has 8 heteroatoms. The molecule has 1 fully saturated rings. The number of ether oxygens (including phenoxy) is 1. The van der Waals surface area contributed by atoms with Crippen molar-refractivity contribution in [1.82, 2.24) is 24.3 Å². The second kappa shape index (κ2) is 7.15. The molecule has 0 aromatic carbocycles. The maximum atomic E-state index is 5.41. The molecule has 0 amide bonds. The predicted octanol–water partition coefficient (Wildman–Crippen LogP) is 2.54. The topological polar surface area (TPSA) is 70.5 Å². The van der Waals surface area contributed by atoms with Crippen LogP contribution >= 0.6 is 15.9 Å². The second-order valence-corrected chi connectivity index (χ2v) is 7.06. The number of anilines is 1. The first-order chi connectivity index (χ1) is 12.2. The van der Waals surface area contributed by atoms with E-state index in [4.69, 9.17) is 9.72 Å². The van der Waals surface area contributed by atoms with Crippen LogP contribution in [0, 0.1) is 6.92 Å². The molecule has 1 saturated heterocycles. The van der Waals surface area contributed by atoms with Crippen LogP contribution in [-0.4, -0.2) is 63.6 Å². The summed E-state index contributed by atoms with van der Waals surface area (Å²) in [5, 5.41) is 3.57. The number of aromatic amines is 1. The number of nitrogens with zero attached hydrogens (tertiary/aromatic N) is 4. The molecule has 0 saturated carbocycles. The Kier molecular flexibility index (Phi) is 4.74. The molecule has 0 atom stereocenters. The molecule has 3 aromatic heterocycles. The van der Waals surface area contributed by atoms with Gasteiger partial charge in [0.1, 0.15) is 23.0 Å². The number of hydrogen-bond donors (Lipinski definition) is 2. The summed E-state index contributed by atoms with van der Waals surface area (Å²) in [5.74, 6) is 1.86. The number of halogens is 1. The molecular weight excluding hydrogens is 384 g/mol. The number of imidazole rings is 2. The fourth-order valence-corrected chi connectivity index (χ4v) is 3.41. The second-order valence-electron chi connectivity index (χ2n) is 6.15. The van der Waals surface area contributed by atoms with E-state index in [1.807, 2.05) is 31.5 Å². The average molecular weight is 405 g/mol. The van der Waals surface area contributed by atoms with Crippen LogP contribution in [0.5, 0.6) is 0 Å². The van der Waals surface area contributed by atoms with Gasteiger partial charge in [0.05, 0.1) is 25.1 Å². The number of hydrogen-bond acceptors (Lipinski definition) is 5. The molecule has 132 valence electrons. The smallest absolute Gasteiger partial charge is 0.140 e. The van der Waals surface area contributed by atoms with Crippen LogP contribution in [0.4, 0.5) is 5.82 Å². The van der Waals surface area contributed by atoms with Crippen molar-refractivity contribution in [3.05, 3.63) is 34.8 Å². The molecule has 1 aliphatic rings. The maximum absolute atomic E-state index is 5.41. The average Bonchev–Trinajstić information content (AvgIpc) is 3.20. The Morgan fingerprint density at radius 2 is 2.16 bits per heavy atom. The van der Waals surface area contributed by atoms with Crippen LogP contribution in [0.2, 0.25) is 0 Å². The zero-order valence-electron chi connectivity index (χ0n) is 14.1. The van der Waals surface area contributed by atoms with Crippen molar-refractivity contribution in [2.75, 3.05) is 44.7 Å². The Labute approximate surface area is 154 Å². The van der Waals surface area contributed by atoms with E-state index in [1.165, 1.54) is 0 Å². The first-order valence-corrected chi connectivity index (χ1v) is 9.23. The van der Waals surface area contributed by atoms with Gasteiger partial charge in [-0.05, 0) is 35.0 Å². The largest absolute Gasteiger partial charge is 0.379 e. The minimum absolute atomic E-state index is 0.821. The summed E-state index contributed by atoms with van der Waals surface area (Å²) in [7, 11) is 0. The molecule has 0 radical (unpaired) electrons. The van der Waals surface area contributed by atoms with E-state index in [0.717, 1.165) is 72.5 Å². The van der Waals surface area contributed by atoms with Crippen LogP contribution in [0.25, 0.3) is 17.0 Å². The van der Waals surface area contributed by atoms with Gasteiger partial charge >= 0.3 is 0 Å². The Balaban J connectivity index is 1.61. The van der Waals surface area contributed by atoms with E-state index in [1.54, 1.807) is 0 Å². The molecule has 0 bridgehead atoms. The highest BCUT2D eigenvalue weighted by atomic mass is 79.9. The molecule has 4 heterocycles. The van der Waals surface area contributed by atoms with Crippen molar-refractivity contribution in [2.45, 2.75) is 6.92 Å². The lowest BCUT2D eigenvalue weighted by Crippen LogP contribution is -2.39. The number of morpholine rings is 1. The Morgan fingerprint density at radius 1 is 1.32 bits per heavy atom. The van der Waals surface area contributed by atoms with Crippen molar-refractivity contribution >= 4 is 27.4 Å². The lowest BCUT2D eigenvalue weighted by molar-refractivity contribution is 0.0398. The molecule has 0 aliphatic carbocycles. The van der Waals surface area contributed by atoms with Gasteiger partial charge in [0.15, 0.2) is 0 Å². The van der Waals surface area contributed by atoms with Crippen LogP contribution in [0.3, 0.4) is 0 Å². The van der Waals surface area contributed by atoms with Crippen molar-refractivity contribution in [3.63, 3.8) is 0 Å². The highest BCUT2D eigenvalue weighted by Gasteiger charge is 2.16. The van der Waals surface area contributed by atoms with Gasteiger partial charge in [0.25, 0.3) is 0 Å². The van der Waals surface area contributed by atoms with Gasteiger partial charge in [-0.1, -0.05) is 0 Å². The first kappa shape index (κ1) is 16.6. The third-order valence-corrected chi connectivity index (χ3v) is 4.83. The number of aryl methyl sites for hydroxylation is 1. The van der Waals surface area contributed by atoms with Crippen molar-refractivity contribution < 1.29 is 4.74 Å². The standard InChI is InChI=1S/C17H21BrN6O/c1-12-20-10-14(21-12)16-17(19-4-5-23-6-8-25-9-7-23)24-11-13(18)2-3-15(24)22-16/h2-3,10-11,19H,4-9H2,1H3,(H,20,21). The van der Waals surface area contributed by atoms with Crippen LogP contribution in [-0.2, 0) is 4.74 Å². The molecule has 3 aromatic rings. The minimum atomic E-state index is 0.821. The number of fused-ring (bicyclic) bond motifs is 1. The summed E-state index contributed by atoms with van der Waals surface area (Å²) in [4.78, 5) is 14.8. The fraction of sp³-hybridized carbons (Fsp3) is 0.412. The Bertz CT molecular complexity index is 867. The summed E-state index contributed by atoms with van der Waals surface area (Å²) in [6, 6.07) is 4.01. The number of aromatic nitrogens is 4. The summed E-state index contributed by atoms with van der Waals surface area (Å²) < 4.78 is 8.50. The van der Waals surface area contributed by atoms with Crippen LogP contribution in [0.1, 0.15) is 5.82 Å². The van der Waals surface area contributed by atoms with Gasteiger partial charge < -0.3 is 15.0 Å². The molecule has 0 unspecified atom stereocenters. The van der Waals surface area contributed by atoms with Gasteiger partial charge in [-0.3, -0.25) is 9.30 Å². The SMILES string of the molecule is Cc1ncc(-c2nc3ccc(Br)cn3c2NCCN2CCOCC2)[nH]1. The summed E-state index contributed by atoms with van der Waals surface area (Å²) in [6.45, 7) is 7.40. The van der Waals surface area contributed by atoms with Gasteiger partial charge in [-0.2, -0.15) is 0 Å². The lowest BCUT2D eigenvalue weighted by Gasteiger charge is -2.26. The highest BCUT2D eigenvalue weighted by molar-refractivity contribution is 9.10. The summed E-state index contributed by atoms with van der Waals surface area (Å²) in [5.41, 5.74) is 2.71. The fourth-order valence-electron chi connectivity index (χ4n) is 3.07. The molecule has 0 spiro atoms. The van der Waals surface area contributed by atoms with Crippen molar-refractivity contribution in [2.24, 2.45) is 0 Å². The maximum Gasteiger partial charge on any atom is 0.140 e. The zero-order chi connectivity index (χ0) is 17.2. The quantitative estimate of drug-likeness (QED) is 0.683. The van der Waals surface area contributed by atoms with Gasteiger partial charge in [0, 0.05) is 36.8 Å². The van der Waals surface area contributed by atoms with Gasteiger partial charge in [0.2, 0.25) is 0 Å². The zero-order valence-corrected chi connectivity index (χ0v) is 15.7. The third-order valence-electron chi connectivity index (χ3n) is 4.36. The number of rotatable bonds is 5. The Morgan fingerprint density at radius 3 is 2.92 bits per heavy atom. The van der Waals surface area contributed by atoms with Gasteiger partial charge in [-0.15, -0.1) is 0 Å². The minimum Gasteiger partial charge on any atom is -0.379 e. The monoisotopic (exact) mass is 404 g/mol. The van der Waals surface area contributed by atoms with E-state index < -0.39 is 0 Å². The summed E-state index contributed by atoms with van der Waals surface area (Å²) >= 11 is 3.55. The first-order valence-electron chi connectivity index (χ1n) is 8.44.